The molecule has 1 atom stereocenters. The number of rotatable bonds is 9. The van der Waals surface area contributed by atoms with Crippen molar-refractivity contribution >= 4 is 5.91 Å². The largest absolute Gasteiger partial charge is 0.343 e. The van der Waals surface area contributed by atoms with E-state index in [0.717, 1.165) is 32.5 Å². The van der Waals surface area contributed by atoms with E-state index in [1.165, 1.54) is 5.56 Å². The van der Waals surface area contributed by atoms with E-state index < -0.39 is 0 Å². The van der Waals surface area contributed by atoms with Gasteiger partial charge < -0.3 is 10.2 Å². The molecule has 1 amide bonds. The highest BCUT2D eigenvalue weighted by Gasteiger charge is 2.12. The monoisotopic (exact) mass is 276 g/mol. The van der Waals surface area contributed by atoms with Gasteiger partial charge in [0.05, 0.1) is 0 Å². The Bertz CT molecular complexity index is 372. The summed E-state index contributed by atoms with van der Waals surface area (Å²) in [5.41, 5.74) is 1.26. The predicted molar refractivity (Wildman–Crippen MR) is 84.6 cm³/mol. The highest BCUT2D eigenvalue weighted by Crippen LogP contribution is 2.10. The van der Waals surface area contributed by atoms with Gasteiger partial charge in [-0.2, -0.15) is 0 Å². The highest BCUT2D eigenvalue weighted by atomic mass is 16.2. The van der Waals surface area contributed by atoms with E-state index in [1.807, 2.05) is 23.1 Å². The number of carbonyl (C=O) groups excluding carboxylic acids is 1. The van der Waals surface area contributed by atoms with E-state index in [1.54, 1.807) is 0 Å². The zero-order chi connectivity index (χ0) is 14.8. The zero-order valence-electron chi connectivity index (χ0n) is 13.1. The van der Waals surface area contributed by atoms with Crippen molar-refractivity contribution < 1.29 is 4.79 Å². The van der Waals surface area contributed by atoms with Gasteiger partial charge in [-0.15, -0.1) is 0 Å². The molecular weight excluding hydrogens is 248 g/mol. The van der Waals surface area contributed by atoms with Gasteiger partial charge in [-0.1, -0.05) is 44.2 Å². The number of amides is 1. The van der Waals surface area contributed by atoms with Gasteiger partial charge in [-0.25, -0.2) is 0 Å². The summed E-state index contributed by atoms with van der Waals surface area (Å²) in [7, 11) is 0. The Morgan fingerprint density at radius 2 is 1.75 bits per heavy atom. The van der Waals surface area contributed by atoms with Crippen molar-refractivity contribution in [2.45, 2.75) is 46.1 Å². The van der Waals surface area contributed by atoms with Crippen molar-refractivity contribution in [1.82, 2.24) is 10.2 Å². The minimum Gasteiger partial charge on any atom is -0.343 e. The molecule has 1 rings (SSSR count). The van der Waals surface area contributed by atoms with Crippen molar-refractivity contribution in [2.24, 2.45) is 0 Å². The van der Waals surface area contributed by atoms with E-state index in [2.05, 4.69) is 38.2 Å². The first-order valence-electron chi connectivity index (χ1n) is 7.75. The lowest BCUT2D eigenvalue weighted by Crippen LogP contribution is -2.34. The average molecular weight is 276 g/mol. The van der Waals surface area contributed by atoms with Crippen LogP contribution in [0.2, 0.25) is 0 Å². The van der Waals surface area contributed by atoms with Crippen LogP contribution in [0.5, 0.6) is 0 Å². The second kappa shape index (κ2) is 9.54. The Balaban J connectivity index is 2.33. The molecule has 0 fully saturated rings. The fourth-order valence-electron chi connectivity index (χ4n) is 2.31. The lowest BCUT2D eigenvalue weighted by molar-refractivity contribution is -0.131. The average Bonchev–Trinajstić information content (AvgIpc) is 2.47. The van der Waals surface area contributed by atoms with Gasteiger partial charge in [0.1, 0.15) is 0 Å². The Labute approximate surface area is 123 Å². The first-order valence-corrected chi connectivity index (χ1v) is 7.75. The van der Waals surface area contributed by atoms with Crippen LogP contribution >= 0.6 is 0 Å². The Morgan fingerprint density at radius 3 is 2.30 bits per heavy atom. The smallest absolute Gasteiger partial charge is 0.223 e. The Kier molecular flexibility index (Phi) is 7.97. The first-order chi connectivity index (χ1) is 9.69. The zero-order valence-corrected chi connectivity index (χ0v) is 13.1. The van der Waals surface area contributed by atoms with Gasteiger partial charge in [-0.3, -0.25) is 4.79 Å². The summed E-state index contributed by atoms with van der Waals surface area (Å²) in [5, 5.41) is 3.42. The van der Waals surface area contributed by atoms with Crippen LogP contribution in [0.4, 0.5) is 0 Å². The minimum absolute atomic E-state index is 0.265. The number of hydrogen-bond acceptors (Lipinski definition) is 2. The van der Waals surface area contributed by atoms with Crippen molar-refractivity contribution in [3.05, 3.63) is 35.9 Å². The lowest BCUT2D eigenvalue weighted by atomic mass is 10.1. The normalized spacial score (nSPS) is 12.2. The molecule has 1 aromatic rings. The van der Waals surface area contributed by atoms with E-state index in [0.29, 0.717) is 6.42 Å². The van der Waals surface area contributed by atoms with E-state index >= 15 is 0 Å². The fourth-order valence-corrected chi connectivity index (χ4v) is 2.31. The molecule has 0 heterocycles. The van der Waals surface area contributed by atoms with Crippen LogP contribution in [0.1, 0.15) is 51.6 Å². The van der Waals surface area contributed by atoms with Crippen LogP contribution < -0.4 is 5.32 Å². The molecule has 1 N–H and O–H groups in total. The second-order valence-electron chi connectivity index (χ2n) is 5.22. The topological polar surface area (TPSA) is 32.3 Å². The van der Waals surface area contributed by atoms with Crippen molar-refractivity contribution in [2.75, 3.05) is 19.6 Å². The molecule has 0 aliphatic heterocycles. The quantitative estimate of drug-likeness (QED) is 0.750. The van der Waals surface area contributed by atoms with E-state index in [-0.39, 0.29) is 11.9 Å². The van der Waals surface area contributed by atoms with Crippen molar-refractivity contribution in [1.29, 1.82) is 0 Å². The Morgan fingerprint density at radius 1 is 1.15 bits per heavy atom. The number of hydrogen-bond donors (Lipinski definition) is 1. The van der Waals surface area contributed by atoms with Crippen LogP contribution in [0.3, 0.4) is 0 Å². The van der Waals surface area contributed by atoms with Crippen LogP contribution in [0, 0.1) is 0 Å². The van der Waals surface area contributed by atoms with Gasteiger partial charge in [0.15, 0.2) is 0 Å². The summed E-state index contributed by atoms with van der Waals surface area (Å²) < 4.78 is 0. The van der Waals surface area contributed by atoms with E-state index in [9.17, 15) is 4.79 Å². The molecule has 0 aromatic heterocycles. The minimum atomic E-state index is 0.265. The molecule has 0 aliphatic rings. The SMILES string of the molecule is CCCN(CCC)C(=O)CCNC(C)c1ccccc1. The van der Waals surface area contributed by atoms with Gasteiger partial charge in [-0.05, 0) is 25.3 Å². The number of nitrogens with one attached hydrogen (secondary N) is 1. The maximum absolute atomic E-state index is 12.1. The van der Waals surface area contributed by atoms with Crippen LogP contribution in [-0.4, -0.2) is 30.4 Å². The van der Waals surface area contributed by atoms with Crippen LogP contribution in [0.15, 0.2) is 30.3 Å². The maximum atomic E-state index is 12.1. The molecule has 0 aliphatic carbocycles. The third-order valence-corrected chi connectivity index (χ3v) is 3.43. The summed E-state index contributed by atoms with van der Waals surface area (Å²) in [4.78, 5) is 14.1. The van der Waals surface area contributed by atoms with Crippen molar-refractivity contribution in [3.8, 4) is 0 Å². The molecule has 1 unspecified atom stereocenters. The third-order valence-electron chi connectivity index (χ3n) is 3.43. The number of nitrogens with zero attached hydrogens (tertiary/aromatic N) is 1. The Hall–Kier alpha value is -1.35. The standard InChI is InChI=1S/C17H28N2O/c1-4-13-19(14-5-2)17(20)11-12-18-15(3)16-9-7-6-8-10-16/h6-10,15,18H,4-5,11-14H2,1-3H3. The fraction of sp³-hybridized carbons (Fsp3) is 0.588. The van der Waals surface area contributed by atoms with Gasteiger partial charge in [0.25, 0.3) is 0 Å². The van der Waals surface area contributed by atoms with Gasteiger partial charge >= 0.3 is 0 Å². The maximum Gasteiger partial charge on any atom is 0.223 e. The molecule has 0 bridgehead atoms. The van der Waals surface area contributed by atoms with Crippen LogP contribution in [-0.2, 0) is 4.79 Å². The summed E-state index contributed by atoms with van der Waals surface area (Å²) in [6.45, 7) is 8.85. The molecular formula is C17H28N2O. The second-order valence-corrected chi connectivity index (χ2v) is 5.22. The van der Waals surface area contributed by atoms with E-state index in [4.69, 9.17) is 0 Å². The predicted octanol–water partition coefficient (Wildman–Crippen LogP) is 3.38. The first kappa shape index (κ1) is 16.7. The molecule has 20 heavy (non-hydrogen) atoms. The summed E-state index contributed by atoms with van der Waals surface area (Å²) in [5.74, 6) is 0.265. The van der Waals surface area contributed by atoms with Crippen LogP contribution in [0.25, 0.3) is 0 Å². The van der Waals surface area contributed by atoms with Crippen molar-refractivity contribution in [3.63, 3.8) is 0 Å². The number of carbonyl (C=O) groups is 1. The third kappa shape index (κ3) is 5.74. The molecule has 0 saturated heterocycles. The summed E-state index contributed by atoms with van der Waals surface area (Å²) >= 11 is 0. The molecule has 3 heteroatoms. The molecule has 0 radical (unpaired) electrons. The molecule has 0 saturated carbocycles. The molecule has 112 valence electrons. The molecule has 3 nitrogen and oxygen atoms in total. The number of benzene rings is 1. The molecule has 0 spiro atoms. The lowest BCUT2D eigenvalue weighted by Gasteiger charge is -2.22. The van der Waals surface area contributed by atoms with Gasteiger partial charge in [0.2, 0.25) is 5.91 Å². The summed E-state index contributed by atoms with van der Waals surface area (Å²) in [6, 6.07) is 10.6. The highest BCUT2D eigenvalue weighted by molar-refractivity contribution is 5.76. The van der Waals surface area contributed by atoms with Gasteiger partial charge in [0, 0.05) is 32.1 Å². The molecule has 1 aromatic carbocycles. The summed E-state index contributed by atoms with van der Waals surface area (Å²) in [6.07, 6.45) is 2.64.